The number of hydrogen-bond donors (Lipinski definition) is 1. The van der Waals surface area contributed by atoms with Crippen LogP contribution in [-0.2, 0) is 10.0 Å². The number of hydrogen-bond acceptors (Lipinski definition) is 4. The molecule has 1 rings (SSSR count). The summed E-state index contributed by atoms with van der Waals surface area (Å²) in [7, 11) is 3.86. The van der Waals surface area contributed by atoms with Gasteiger partial charge in [-0.2, -0.15) is 0 Å². The van der Waals surface area contributed by atoms with Crippen LogP contribution in [0.15, 0.2) is 29.2 Å². The summed E-state index contributed by atoms with van der Waals surface area (Å²) in [4.78, 5) is 2.49. The fourth-order valence-corrected chi connectivity index (χ4v) is 2.87. The molecule has 0 aromatic heterocycles. The van der Waals surface area contributed by atoms with E-state index in [2.05, 4.69) is 31.2 Å². The Morgan fingerprint density at radius 2 is 1.67 bits per heavy atom. The summed E-state index contributed by atoms with van der Waals surface area (Å²) >= 11 is 0. The van der Waals surface area contributed by atoms with Gasteiger partial charge in [-0.15, -0.1) is 0 Å². The highest BCUT2D eigenvalue weighted by atomic mass is 32.2. The number of sulfonamides is 1. The molecule has 1 atom stereocenters. The number of nitrogens with one attached hydrogen (secondary N) is 1. The van der Waals surface area contributed by atoms with Crippen LogP contribution in [0.3, 0.4) is 0 Å². The molecule has 120 valence electrons. The second-order valence-corrected chi connectivity index (χ2v) is 7.84. The monoisotopic (exact) mass is 313 g/mol. The zero-order chi connectivity index (χ0) is 16.0. The molecule has 21 heavy (non-hydrogen) atoms. The number of nitrogens with zero attached hydrogens (tertiary/aromatic N) is 2. The quantitative estimate of drug-likeness (QED) is 0.740. The molecule has 0 aliphatic heterocycles. The summed E-state index contributed by atoms with van der Waals surface area (Å²) in [5, 5.41) is 3.45. The van der Waals surface area contributed by atoms with E-state index in [-0.39, 0.29) is 6.04 Å². The van der Waals surface area contributed by atoms with Crippen molar-refractivity contribution in [2.75, 3.05) is 41.3 Å². The van der Waals surface area contributed by atoms with E-state index in [0.29, 0.717) is 4.90 Å². The van der Waals surface area contributed by atoms with Crippen molar-refractivity contribution in [1.29, 1.82) is 0 Å². The highest BCUT2D eigenvalue weighted by molar-refractivity contribution is 7.89. The SMILES string of the molecule is CC(NCCCN(C)C)c1ccc(S(=O)(=O)N(C)C)cc1. The van der Waals surface area contributed by atoms with Gasteiger partial charge >= 0.3 is 0 Å². The van der Waals surface area contributed by atoms with Crippen molar-refractivity contribution >= 4 is 10.0 Å². The Hall–Kier alpha value is -0.950. The molecule has 0 saturated heterocycles. The van der Waals surface area contributed by atoms with Crippen molar-refractivity contribution in [3.63, 3.8) is 0 Å². The molecule has 0 fully saturated rings. The average Bonchev–Trinajstić information content (AvgIpc) is 2.43. The van der Waals surface area contributed by atoms with Gasteiger partial charge in [-0.3, -0.25) is 0 Å². The van der Waals surface area contributed by atoms with E-state index in [9.17, 15) is 8.42 Å². The van der Waals surface area contributed by atoms with Crippen LogP contribution in [0.1, 0.15) is 24.9 Å². The zero-order valence-corrected chi connectivity index (χ0v) is 14.4. The fraction of sp³-hybridized carbons (Fsp3) is 0.600. The Morgan fingerprint density at radius 3 is 2.14 bits per heavy atom. The van der Waals surface area contributed by atoms with Crippen LogP contribution in [0, 0.1) is 0 Å². The second-order valence-electron chi connectivity index (χ2n) is 5.69. The van der Waals surface area contributed by atoms with E-state index >= 15 is 0 Å². The Bertz CT molecular complexity index is 524. The molecule has 0 amide bonds. The maximum Gasteiger partial charge on any atom is 0.242 e. The molecule has 0 spiro atoms. The third-order valence-electron chi connectivity index (χ3n) is 3.39. The fourth-order valence-electron chi connectivity index (χ4n) is 1.97. The Labute approximate surface area is 129 Å². The van der Waals surface area contributed by atoms with E-state index < -0.39 is 10.0 Å². The Balaban J connectivity index is 2.62. The molecule has 0 aliphatic carbocycles. The van der Waals surface area contributed by atoms with Gasteiger partial charge < -0.3 is 10.2 Å². The molecule has 1 aromatic carbocycles. The molecule has 0 bridgehead atoms. The van der Waals surface area contributed by atoms with Crippen molar-refractivity contribution in [3.8, 4) is 0 Å². The largest absolute Gasteiger partial charge is 0.310 e. The lowest BCUT2D eigenvalue weighted by atomic mass is 10.1. The van der Waals surface area contributed by atoms with Crippen molar-refractivity contribution in [2.45, 2.75) is 24.3 Å². The lowest BCUT2D eigenvalue weighted by molar-refractivity contribution is 0.389. The summed E-state index contributed by atoms with van der Waals surface area (Å²) in [6, 6.07) is 7.30. The van der Waals surface area contributed by atoms with Gasteiger partial charge in [0.1, 0.15) is 0 Å². The Morgan fingerprint density at radius 1 is 1.10 bits per heavy atom. The summed E-state index contributed by atoms with van der Waals surface area (Å²) < 4.78 is 25.2. The summed E-state index contributed by atoms with van der Waals surface area (Å²) in [6.45, 7) is 4.09. The van der Waals surface area contributed by atoms with Gasteiger partial charge in [0, 0.05) is 20.1 Å². The summed E-state index contributed by atoms with van der Waals surface area (Å²) in [5.41, 5.74) is 1.09. The lowest BCUT2D eigenvalue weighted by Gasteiger charge is -2.17. The smallest absolute Gasteiger partial charge is 0.242 e. The van der Waals surface area contributed by atoms with E-state index in [0.717, 1.165) is 25.1 Å². The summed E-state index contributed by atoms with van der Waals surface area (Å²) in [6.07, 6.45) is 1.09. The van der Waals surface area contributed by atoms with E-state index in [1.165, 1.54) is 18.4 Å². The first-order chi connectivity index (χ1) is 9.75. The maximum atomic E-state index is 12.0. The first-order valence-electron chi connectivity index (χ1n) is 7.15. The Kier molecular flexibility index (Phi) is 6.80. The minimum Gasteiger partial charge on any atom is -0.310 e. The van der Waals surface area contributed by atoms with Crippen LogP contribution < -0.4 is 5.32 Å². The first-order valence-corrected chi connectivity index (χ1v) is 8.59. The highest BCUT2D eigenvalue weighted by Gasteiger charge is 2.17. The van der Waals surface area contributed by atoms with Crippen LogP contribution in [0.4, 0.5) is 0 Å². The molecule has 0 aliphatic rings. The van der Waals surface area contributed by atoms with E-state index in [1.807, 2.05) is 12.1 Å². The van der Waals surface area contributed by atoms with E-state index in [4.69, 9.17) is 0 Å². The van der Waals surface area contributed by atoms with Gasteiger partial charge in [-0.05, 0) is 58.2 Å². The summed E-state index contributed by atoms with van der Waals surface area (Å²) in [5.74, 6) is 0. The van der Waals surface area contributed by atoms with Crippen molar-refractivity contribution in [3.05, 3.63) is 29.8 Å². The van der Waals surface area contributed by atoms with Gasteiger partial charge in [0.2, 0.25) is 10.0 Å². The van der Waals surface area contributed by atoms with Crippen molar-refractivity contribution in [2.24, 2.45) is 0 Å². The second kappa shape index (κ2) is 7.89. The maximum absolute atomic E-state index is 12.0. The van der Waals surface area contributed by atoms with Gasteiger partial charge in [-0.25, -0.2) is 12.7 Å². The molecule has 1 N–H and O–H groups in total. The molecule has 1 unspecified atom stereocenters. The first kappa shape index (κ1) is 18.1. The van der Waals surface area contributed by atoms with Crippen LogP contribution in [0.25, 0.3) is 0 Å². The minimum absolute atomic E-state index is 0.211. The number of benzene rings is 1. The lowest BCUT2D eigenvalue weighted by Crippen LogP contribution is -2.24. The third kappa shape index (κ3) is 5.39. The molecule has 6 heteroatoms. The van der Waals surface area contributed by atoms with E-state index in [1.54, 1.807) is 12.1 Å². The van der Waals surface area contributed by atoms with Crippen LogP contribution in [0.5, 0.6) is 0 Å². The van der Waals surface area contributed by atoms with Gasteiger partial charge in [-0.1, -0.05) is 12.1 Å². The van der Waals surface area contributed by atoms with Crippen LogP contribution in [-0.4, -0.2) is 58.9 Å². The standard InChI is InChI=1S/C15H27N3O2S/c1-13(16-11-6-12-17(2)3)14-7-9-15(10-8-14)21(19,20)18(4)5/h7-10,13,16H,6,11-12H2,1-5H3. The van der Waals surface area contributed by atoms with Gasteiger partial charge in [0.25, 0.3) is 0 Å². The molecule has 0 heterocycles. The molecular weight excluding hydrogens is 286 g/mol. The highest BCUT2D eigenvalue weighted by Crippen LogP contribution is 2.18. The predicted octanol–water partition coefficient (Wildman–Crippen LogP) is 1.54. The van der Waals surface area contributed by atoms with Crippen LogP contribution in [0.2, 0.25) is 0 Å². The third-order valence-corrected chi connectivity index (χ3v) is 5.22. The normalized spacial score (nSPS) is 13.9. The molecule has 1 aromatic rings. The topological polar surface area (TPSA) is 52.7 Å². The number of rotatable bonds is 8. The molecule has 0 saturated carbocycles. The van der Waals surface area contributed by atoms with Crippen molar-refractivity contribution in [1.82, 2.24) is 14.5 Å². The average molecular weight is 313 g/mol. The van der Waals surface area contributed by atoms with Crippen LogP contribution >= 0.6 is 0 Å². The predicted molar refractivity (Wildman–Crippen MR) is 86.9 cm³/mol. The molecule has 5 nitrogen and oxygen atoms in total. The molecular formula is C15H27N3O2S. The zero-order valence-electron chi connectivity index (χ0n) is 13.6. The minimum atomic E-state index is -3.34. The van der Waals surface area contributed by atoms with Gasteiger partial charge in [0.05, 0.1) is 4.90 Å². The van der Waals surface area contributed by atoms with Gasteiger partial charge in [0.15, 0.2) is 0 Å². The molecule has 0 radical (unpaired) electrons. The van der Waals surface area contributed by atoms with Crippen molar-refractivity contribution < 1.29 is 8.42 Å².